The normalized spacial score (nSPS) is 26.6. The second-order valence-electron chi connectivity index (χ2n) is 7.00. The Hall–Kier alpha value is -1.32. The van der Waals surface area contributed by atoms with Gasteiger partial charge in [-0.05, 0) is 49.3 Å². The van der Waals surface area contributed by atoms with E-state index in [0.29, 0.717) is 24.5 Å². The fourth-order valence-corrected chi connectivity index (χ4v) is 4.68. The van der Waals surface area contributed by atoms with E-state index in [2.05, 4.69) is 41.1 Å². The maximum atomic E-state index is 9.66. The Morgan fingerprint density at radius 2 is 2.18 bits per heavy atom. The summed E-state index contributed by atoms with van der Waals surface area (Å²) in [7, 11) is 0. The van der Waals surface area contributed by atoms with E-state index in [-0.39, 0.29) is 0 Å². The van der Waals surface area contributed by atoms with Gasteiger partial charge in [-0.15, -0.1) is 0 Å². The molecule has 0 bridgehead atoms. The Morgan fingerprint density at radius 1 is 1.32 bits per heavy atom. The van der Waals surface area contributed by atoms with E-state index < -0.39 is 0 Å². The zero-order valence-corrected chi connectivity index (χ0v) is 13.4. The highest BCUT2D eigenvalue weighted by Gasteiger charge is 2.37. The zero-order valence-electron chi connectivity index (χ0n) is 13.4. The SMILES string of the molecule is CC[C@@H](CO)[C@@H]1CCN2CCc3c([nH]c4ccccc34)[C@@H]2C1. The number of para-hydroxylation sites is 1. The summed E-state index contributed by atoms with van der Waals surface area (Å²) in [5.74, 6) is 1.13. The molecule has 3 heteroatoms. The first-order chi connectivity index (χ1) is 10.8. The summed E-state index contributed by atoms with van der Waals surface area (Å²) in [5.41, 5.74) is 4.27. The number of fused-ring (bicyclic) bond motifs is 5. The molecule has 3 heterocycles. The van der Waals surface area contributed by atoms with Crippen molar-refractivity contribution >= 4 is 10.9 Å². The van der Waals surface area contributed by atoms with Crippen LogP contribution in [0.2, 0.25) is 0 Å². The summed E-state index contributed by atoms with van der Waals surface area (Å²) in [6.07, 6.45) is 4.69. The van der Waals surface area contributed by atoms with Gasteiger partial charge in [-0.3, -0.25) is 4.90 Å². The monoisotopic (exact) mass is 298 g/mol. The highest BCUT2D eigenvalue weighted by molar-refractivity contribution is 5.85. The highest BCUT2D eigenvalue weighted by Crippen LogP contribution is 2.43. The van der Waals surface area contributed by atoms with E-state index in [0.717, 1.165) is 12.8 Å². The molecule has 0 aliphatic carbocycles. The molecule has 0 unspecified atom stereocenters. The van der Waals surface area contributed by atoms with Gasteiger partial charge in [0.15, 0.2) is 0 Å². The van der Waals surface area contributed by atoms with Crippen molar-refractivity contribution in [3.8, 4) is 0 Å². The number of aromatic amines is 1. The molecule has 0 saturated carbocycles. The van der Waals surface area contributed by atoms with Crippen molar-refractivity contribution < 1.29 is 5.11 Å². The second kappa shape index (κ2) is 5.71. The van der Waals surface area contributed by atoms with E-state index in [1.54, 1.807) is 0 Å². The van der Waals surface area contributed by atoms with Crippen molar-refractivity contribution in [2.45, 2.75) is 38.6 Å². The van der Waals surface area contributed by atoms with Gasteiger partial charge in [-0.2, -0.15) is 0 Å². The van der Waals surface area contributed by atoms with Gasteiger partial charge < -0.3 is 10.1 Å². The highest BCUT2D eigenvalue weighted by atomic mass is 16.3. The number of nitrogens with zero attached hydrogens (tertiary/aromatic N) is 1. The minimum absolute atomic E-state index is 0.341. The maximum Gasteiger partial charge on any atom is 0.0504 e. The van der Waals surface area contributed by atoms with Crippen LogP contribution >= 0.6 is 0 Å². The average molecular weight is 298 g/mol. The first-order valence-corrected chi connectivity index (χ1v) is 8.76. The molecular weight excluding hydrogens is 272 g/mol. The molecule has 2 N–H and O–H groups in total. The van der Waals surface area contributed by atoms with E-state index in [1.165, 1.54) is 48.1 Å². The Labute approximate surface area is 132 Å². The van der Waals surface area contributed by atoms with Gasteiger partial charge >= 0.3 is 0 Å². The molecular formula is C19H26N2O. The molecule has 0 radical (unpaired) electrons. The Balaban J connectivity index is 1.69. The number of hydrogen-bond acceptors (Lipinski definition) is 2. The largest absolute Gasteiger partial charge is 0.396 e. The molecule has 2 aromatic rings. The maximum absolute atomic E-state index is 9.66. The molecule has 3 nitrogen and oxygen atoms in total. The van der Waals surface area contributed by atoms with Gasteiger partial charge in [0.05, 0.1) is 6.04 Å². The van der Waals surface area contributed by atoms with E-state index in [1.807, 2.05) is 0 Å². The Bertz CT molecular complexity index is 658. The number of H-pyrrole nitrogens is 1. The lowest BCUT2D eigenvalue weighted by molar-refractivity contribution is 0.0557. The molecule has 118 valence electrons. The molecule has 1 saturated heterocycles. The lowest BCUT2D eigenvalue weighted by atomic mass is 9.77. The lowest BCUT2D eigenvalue weighted by Gasteiger charge is -2.44. The van der Waals surface area contributed by atoms with Crippen LogP contribution in [0.25, 0.3) is 10.9 Å². The van der Waals surface area contributed by atoms with Crippen LogP contribution in [-0.2, 0) is 6.42 Å². The molecule has 2 aliphatic rings. The predicted molar refractivity (Wildman–Crippen MR) is 89.9 cm³/mol. The lowest BCUT2D eigenvalue weighted by Crippen LogP contribution is -2.43. The minimum atomic E-state index is 0.341. The zero-order chi connectivity index (χ0) is 15.1. The number of rotatable bonds is 3. The van der Waals surface area contributed by atoms with Crippen LogP contribution < -0.4 is 0 Å². The molecule has 22 heavy (non-hydrogen) atoms. The topological polar surface area (TPSA) is 39.3 Å². The van der Waals surface area contributed by atoms with E-state index >= 15 is 0 Å². The van der Waals surface area contributed by atoms with Crippen LogP contribution in [0.15, 0.2) is 24.3 Å². The van der Waals surface area contributed by atoms with Crippen molar-refractivity contribution in [1.29, 1.82) is 0 Å². The molecule has 1 aromatic heterocycles. The van der Waals surface area contributed by atoms with Crippen molar-refractivity contribution in [3.63, 3.8) is 0 Å². The van der Waals surface area contributed by atoms with Crippen molar-refractivity contribution in [2.24, 2.45) is 11.8 Å². The van der Waals surface area contributed by atoms with Gasteiger partial charge in [-0.25, -0.2) is 0 Å². The second-order valence-corrected chi connectivity index (χ2v) is 7.00. The van der Waals surface area contributed by atoms with Gasteiger partial charge in [0.2, 0.25) is 0 Å². The van der Waals surface area contributed by atoms with Gasteiger partial charge in [0.25, 0.3) is 0 Å². The summed E-state index contributed by atoms with van der Waals surface area (Å²) >= 11 is 0. The molecule has 0 spiro atoms. The van der Waals surface area contributed by atoms with Crippen LogP contribution in [-0.4, -0.2) is 34.7 Å². The molecule has 4 rings (SSSR count). The quantitative estimate of drug-likeness (QED) is 0.910. The third kappa shape index (κ3) is 2.19. The van der Waals surface area contributed by atoms with Crippen molar-refractivity contribution in [3.05, 3.63) is 35.5 Å². The summed E-state index contributed by atoms with van der Waals surface area (Å²) in [6.45, 7) is 4.92. The average Bonchev–Trinajstić information content (AvgIpc) is 2.95. The molecule has 0 amide bonds. The summed E-state index contributed by atoms with van der Waals surface area (Å²) < 4.78 is 0. The van der Waals surface area contributed by atoms with Crippen LogP contribution in [0.5, 0.6) is 0 Å². The minimum Gasteiger partial charge on any atom is -0.396 e. The summed E-state index contributed by atoms with van der Waals surface area (Å²) in [6, 6.07) is 9.23. The smallest absolute Gasteiger partial charge is 0.0504 e. The standard InChI is InChI=1S/C19H26N2O/c1-2-13(12-22)14-7-9-21-10-8-16-15-5-3-4-6-17(15)20-19(16)18(21)11-14/h3-6,13-14,18,20,22H,2,7-12H2,1H3/t13-,14+,18-/m0/s1. The van der Waals surface area contributed by atoms with Gasteiger partial charge in [0.1, 0.15) is 0 Å². The molecule has 3 atom stereocenters. The number of piperidine rings is 1. The molecule has 1 fully saturated rings. The van der Waals surface area contributed by atoms with Crippen LogP contribution in [0.1, 0.15) is 43.5 Å². The number of aliphatic hydroxyl groups excluding tert-OH is 1. The van der Waals surface area contributed by atoms with E-state index in [9.17, 15) is 5.11 Å². The van der Waals surface area contributed by atoms with Crippen molar-refractivity contribution in [1.82, 2.24) is 9.88 Å². The fourth-order valence-electron chi connectivity index (χ4n) is 4.68. The number of nitrogens with one attached hydrogen (secondary N) is 1. The first kappa shape index (κ1) is 14.3. The summed E-state index contributed by atoms with van der Waals surface area (Å²) in [5, 5.41) is 11.1. The van der Waals surface area contributed by atoms with E-state index in [4.69, 9.17) is 0 Å². The number of hydrogen-bond donors (Lipinski definition) is 2. The Morgan fingerprint density at radius 3 is 3.00 bits per heavy atom. The Kier molecular flexibility index (Phi) is 3.71. The third-order valence-corrected chi connectivity index (χ3v) is 6.01. The fraction of sp³-hybridized carbons (Fsp3) is 0.579. The van der Waals surface area contributed by atoms with Gasteiger partial charge in [-0.1, -0.05) is 31.5 Å². The van der Waals surface area contributed by atoms with Crippen molar-refractivity contribution in [2.75, 3.05) is 19.7 Å². The first-order valence-electron chi connectivity index (χ1n) is 8.76. The molecule has 1 aromatic carbocycles. The van der Waals surface area contributed by atoms with Crippen LogP contribution in [0.3, 0.4) is 0 Å². The van der Waals surface area contributed by atoms with Gasteiger partial charge in [0, 0.05) is 29.7 Å². The third-order valence-electron chi connectivity index (χ3n) is 6.01. The predicted octanol–water partition coefficient (Wildman–Crippen LogP) is 3.50. The van der Waals surface area contributed by atoms with Crippen LogP contribution in [0.4, 0.5) is 0 Å². The number of aromatic nitrogens is 1. The van der Waals surface area contributed by atoms with Crippen LogP contribution in [0, 0.1) is 11.8 Å². The summed E-state index contributed by atoms with van der Waals surface area (Å²) in [4.78, 5) is 6.36. The molecule has 2 aliphatic heterocycles. The number of aliphatic hydroxyl groups is 1. The number of benzene rings is 1.